The lowest BCUT2D eigenvalue weighted by Gasteiger charge is -2.17. The molecule has 1 saturated carbocycles. The van der Waals surface area contributed by atoms with E-state index in [1.807, 2.05) is 13.8 Å². The Morgan fingerprint density at radius 1 is 1.38 bits per heavy atom. The highest BCUT2D eigenvalue weighted by molar-refractivity contribution is 7.89. The molecular formula is C14H24N4O2S. The number of H-pyrrole nitrogens is 1. The minimum Gasteiger partial charge on any atom is -0.310 e. The molecule has 1 aliphatic carbocycles. The highest BCUT2D eigenvalue weighted by atomic mass is 32.2. The van der Waals surface area contributed by atoms with Gasteiger partial charge in [0, 0.05) is 31.2 Å². The number of nitrogens with zero attached hydrogens (tertiary/aromatic N) is 2. The monoisotopic (exact) mass is 312 g/mol. The lowest BCUT2D eigenvalue weighted by molar-refractivity contribution is 0.441. The highest BCUT2D eigenvalue weighted by Crippen LogP contribution is 2.39. The fraction of sp³-hybridized carbons (Fsp3) is 0.786. The van der Waals surface area contributed by atoms with E-state index >= 15 is 0 Å². The van der Waals surface area contributed by atoms with Crippen molar-refractivity contribution in [1.82, 2.24) is 19.8 Å². The third kappa shape index (κ3) is 2.86. The maximum atomic E-state index is 12.8. The largest absolute Gasteiger partial charge is 0.310 e. The van der Waals surface area contributed by atoms with Crippen LogP contribution in [0.15, 0.2) is 11.2 Å². The molecule has 2 N–H and O–H groups in total. The van der Waals surface area contributed by atoms with E-state index in [1.54, 1.807) is 10.5 Å². The van der Waals surface area contributed by atoms with E-state index in [2.05, 4.69) is 15.5 Å². The lowest BCUT2D eigenvalue weighted by Crippen LogP contribution is -2.31. The Morgan fingerprint density at radius 2 is 2.05 bits per heavy atom. The van der Waals surface area contributed by atoms with Gasteiger partial charge in [-0.2, -0.15) is 9.40 Å². The smallest absolute Gasteiger partial charge is 0.260 e. The molecule has 2 unspecified atom stereocenters. The van der Waals surface area contributed by atoms with Gasteiger partial charge in [0.25, 0.3) is 10.0 Å². The summed E-state index contributed by atoms with van der Waals surface area (Å²) < 4.78 is 27.3. The third-order valence-electron chi connectivity index (χ3n) is 4.67. The van der Waals surface area contributed by atoms with Crippen molar-refractivity contribution in [2.45, 2.75) is 50.7 Å². The van der Waals surface area contributed by atoms with Crippen molar-refractivity contribution >= 4 is 10.0 Å². The fourth-order valence-corrected chi connectivity index (χ4v) is 5.14. The predicted molar refractivity (Wildman–Crippen MR) is 80.2 cm³/mol. The van der Waals surface area contributed by atoms with Gasteiger partial charge in [0.05, 0.1) is 6.20 Å². The van der Waals surface area contributed by atoms with Crippen molar-refractivity contribution < 1.29 is 8.42 Å². The second-order valence-corrected chi connectivity index (χ2v) is 8.41. The summed E-state index contributed by atoms with van der Waals surface area (Å²) in [7, 11) is -3.44. The van der Waals surface area contributed by atoms with Gasteiger partial charge in [-0.15, -0.1) is 0 Å². The molecule has 2 aliphatic rings. The summed E-state index contributed by atoms with van der Waals surface area (Å²) in [6.07, 6.45) is 5.19. The maximum Gasteiger partial charge on any atom is 0.260 e. The van der Waals surface area contributed by atoms with E-state index in [1.165, 1.54) is 19.3 Å². The molecule has 7 heteroatoms. The Labute approximate surface area is 126 Å². The SMILES string of the molecule is CC(C)NCc1cn[nH]c1S(=O)(=O)N1CC2CCCC2C1. The first kappa shape index (κ1) is 15.0. The van der Waals surface area contributed by atoms with Crippen molar-refractivity contribution in [3.05, 3.63) is 11.8 Å². The average Bonchev–Trinajstić information content (AvgIpc) is 3.11. The Kier molecular flexibility index (Phi) is 4.07. The summed E-state index contributed by atoms with van der Waals surface area (Å²) in [6.45, 7) is 5.93. The van der Waals surface area contributed by atoms with Crippen LogP contribution in [0.4, 0.5) is 0 Å². The molecule has 0 amide bonds. The van der Waals surface area contributed by atoms with Gasteiger partial charge in [-0.25, -0.2) is 8.42 Å². The Bertz CT molecular complexity index is 584. The van der Waals surface area contributed by atoms with Crippen LogP contribution in [0.3, 0.4) is 0 Å². The molecule has 6 nitrogen and oxygen atoms in total. The minimum absolute atomic E-state index is 0.260. The zero-order valence-corrected chi connectivity index (χ0v) is 13.5. The number of aromatic amines is 1. The van der Waals surface area contributed by atoms with E-state index in [9.17, 15) is 8.42 Å². The molecule has 1 aromatic heterocycles. The second-order valence-electron chi connectivity index (χ2n) is 6.53. The van der Waals surface area contributed by atoms with Crippen LogP contribution in [0.25, 0.3) is 0 Å². The number of sulfonamides is 1. The molecule has 1 aliphatic heterocycles. The van der Waals surface area contributed by atoms with Crippen LogP contribution < -0.4 is 5.32 Å². The van der Waals surface area contributed by atoms with Crippen LogP contribution in [0.5, 0.6) is 0 Å². The van der Waals surface area contributed by atoms with E-state index in [4.69, 9.17) is 0 Å². The fourth-order valence-electron chi connectivity index (χ4n) is 3.48. The third-order valence-corrected chi connectivity index (χ3v) is 6.52. The van der Waals surface area contributed by atoms with Crippen LogP contribution in [-0.4, -0.2) is 42.1 Å². The Morgan fingerprint density at radius 3 is 2.67 bits per heavy atom. The van der Waals surface area contributed by atoms with Crippen molar-refractivity contribution in [3.63, 3.8) is 0 Å². The molecule has 2 atom stereocenters. The quantitative estimate of drug-likeness (QED) is 0.860. The van der Waals surface area contributed by atoms with Crippen molar-refractivity contribution in [1.29, 1.82) is 0 Å². The predicted octanol–water partition coefficient (Wildman–Crippen LogP) is 1.33. The highest BCUT2D eigenvalue weighted by Gasteiger charge is 2.42. The summed E-state index contributed by atoms with van der Waals surface area (Å²) in [4.78, 5) is 0. The molecule has 2 fully saturated rings. The van der Waals surface area contributed by atoms with Crippen molar-refractivity contribution in [2.75, 3.05) is 13.1 Å². The van der Waals surface area contributed by atoms with Crippen molar-refractivity contribution in [3.8, 4) is 0 Å². The summed E-state index contributed by atoms with van der Waals surface area (Å²) in [6, 6.07) is 0.307. The number of fused-ring (bicyclic) bond motifs is 1. The number of aromatic nitrogens is 2. The first-order valence-corrected chi connectivity index (χ1v) is 9.18. The van der Waals surface area contributed by atoms with Gasteiger partial charge in [0.1, 0.15) is 0 Å². The van der Waals surface area contributed by atoms with Gasteiger partial charge >= 0.3 is 0 Å². The number of hydrogen-bond acceptors (Lipinski definition) is 4. The second kappa shape index (κ2) is 5.70. The van der Waals surface area contributed by atoms with E-state index < -0.39 is 10.0 Å². The van der Waals surface area contributed by atoms with E-state index in [0.29, 0.717) is 37.5 Å². The maximum absolute atomic E-state index is 12.8. The summed E-state index contributed by atoms with van der Waals surface area (Å²) in [5.41, 5.74) is 0.723. The molecule has 3 rings (SSSR count). The van der Waals surface area contributed by atoms with Crippen LogP contribution in [0.1, 0.15) is 38.7 Å². The molecule has 0 aromatic carbocycles. The molecule has 1 saturated heterocycles. The van der Waals surface area contributed by atoms with Crippen LogP contribution in [0, 0.1) is 11.8 Å². The summed E-state index contributed by atoms with van der Waals surface area (Å²) >= 11 is 0. The molecule has 2 heterocycles. The zero-order valence-electron chi connectivity index (χ0n) is 12.7. The minimum atomic E-state index is -3.44. The summed E-state index contributed by atoms with van der Waals surface area (Å²) in [5.74, 6) is 1.11. The zero-order chi connectivity index (χ0) is 15.0. The molecular weight excluding hydrogens is 288 g/mol. The van der Waals surface area contributed by atoms with Crippen LogP contribution in [-0.2, 0) is 16.6 Å². The van der Waals surface area contributed by atoms with Gasteiger partial charge < -0.3 is 5.32 Å². The Hall–Kier alpha value is -0.920. The number of nitrogens with one attached hydrogen (secondary N) is 2. The van der Waals surface area contributed by atoms with Crippen LogP contribution >= 0.6 is 0 Å². The molecule has 0 bridgehead atoms. The Balaban J connectivity index is 1.78. The van der Waals surface area contributed by atoms with E-state index in [0.717, 1.165) is 5.56 Å². The van der Waals surface area contributed by atoms with Crippen LogP contribution in [0.2, 0.25) is 0 Å². The molecule has 0 radical (unpaired) electrons. The molecule has 1 aromatic rings. The standard InChI is InChI=1S/C14H24N4O2S/c1-10(2)15-6-13-7-16-17-14(13)21(19,20)18-8-11-4-3-5-12(11)9-18/h7,10-12,15H,3-6,8-9H2,1-2H3,(H,16,17). The van der Waals surface area contributed by atoms with Crippen molar-refractivity contribution in [2.24, 2.45) is 11.8 Å². The average molecular weight is 312 g/mol. The molecule has 0 spiro atoms. The van der Waals surface area contributed by atoms with Gasteiger partial charge in [0.2, 0.25) is 0 Å². The molecule has 118 valence electrons. The van der Waals surface area contributed by atoms with Gasteiger partial charge in [-0.05, 0) is 24.7 Å². The van der Waals surface area contributed by atoms with Gasteiger partial charge in [-0.1, -0.05) is 20.3 Å². The first-order chi connectivity index (χ1) is 9.98. The van der Waals surface area contributed by atoms with Gasteiger partial charge in [-0.3, -0.25) is 5.10 Å². The van der Waals surface area contributed by atoms with E-state index in [-0.39, 0.29) is 5.03 Å². The topological polar surface area (TPSA) is 78.1 Å². The lowest BCUT2D eigenvalue weighted by atomic mass is 10.0. The van der Waals surface area contributed by atoms with Gasteiger partial charge in [0.15, 0.2) is 5.03 Å². The number of hydrogen-bond donors (Lipinski definition) is 2. The molecule has 21 heavy (non-hydrogen) atoms. The first-order valence-electron chi connectivity index (χ1n) is 7.74. The summed E-state index contributed by atoms with van der Waals surface area (Å²) in [5, 5.41) is 10.1. The number of rotatable bonds is 5. The normalized spacial score (nSPS) is 26.6.